The highest BCUT2D eigenvalue weighted by Gasteiger charge is 2.00. The number of ether oxygens (including phenoxy) is 1. The second-order valence-corrected chi connectivity index (χ2v) is 5.51. The summed E-state index contributed by atoms with van der Waals surface area (Å²) in [6.07, 6.45) is 2.76. The van der Waals surface area contributed by atoms with Crippen LogP contribution >= 0.6 is 0 Å². The van der Waals surface area contributed by atoms with E-state index in [4.69, 9.17) is 10.5 Å². The minimum absolute atomic E-state index is 0.159. The zero-order valence-corrected chi connectivity index (χ0v) is 13.7. The van der Waals surface area contributed by atoms with Crippen LogP contribution in [-0.2, 0) is 13.0 Å². The molecular weight excluding hydrogens is 288 g/mol. The van der Waals surface area contributed by atoms with Gasteiger partial charge in [0.25, 0.3) is 0 Å². The summed E-state index contributed by atoms with van der Waals surface area (Å²) in [4.78, 5) is 8.62. The van der Waals surface area contributed by atoms with Crippen LogP contribution in [0.4, 0.5) is 0 Å². The van der Waals surface area contributed by atoms with Crippen molar-refractivity contribution in [1.82, 2.24) is 10.3 Å². The summed E-state index contributed by atoms with van der Waals surface area (Å²) >= 11 is 0. The van der Waals surface area contributed by atoms with E-state index in [2.05, 4.69) is 15.3 Å². The normalized spacial score (nSPS) is 11.5. The highest BCUT2D eigenvalue weighted by atomic mass is 16.5. The van der Waals surface area contributed by atoms with Gasteiger partial charge in [0, 0.05) is 24.9 Å². The number of rotatable bonds is 7. The first kappa shape index (κ1) is 16.8. The molecule has 1 heterocycles. The van der Waals surface area contributed by atoms with Crippen molar-refractivity contribution in [3.05, 3.63) is 59.9 Å². The van der Waals surface area contributed by atoms with Crippen molar-refractivity contribution in [1.29, 1.82) is 0 Å². The smallest absolute Gasteiger partial charge is 0.188 e. The third-order valence-corrected chi connectivity index (χ3v) is 3.12. The van der Waals surface area contributed by atoms with Gasteiger partial charge in [-0.3, -0.25) is 4.98 Å². The number of nitrogens with two attached hydrogens (primary N) is 1. The van der Waals surface area contributed by atoms with Crippen LogP contribution in [-0.4, -0.2) is 23.6 Å². The zero-order chi connectivity index (χ0) is 16.5. The molecule has 0 unspecified atom stereocenters. The molecule has 0 spiro atoms. The molecule has 1 aromatic carbocycles. The number of guanidine groups is 1. The molecule has 5 heteroatoms. The second kappa shape index (κ2) is 8.78. The van der Waals surface area contributed by atoms with E-state index in [1.807, 2.05) is 56.3 Å². The molecule has 0 aliphatic rings. The standard InChI is InChI=1S/C18H24N4O/c1-14(2)23-17-8-5-6-15(12-17)13-22-18(19)21-11-9-16-7-3-4-10-20-16/h3-8,10,12,14H,9,11,13H2,1-2H3,(H3,19,21,22). The molecule has 0 bridgehead atoms. The van der Waals surface area contributed by atoms with Gasteiger partial charge >= 0.3 is 0 Å². The fourth-order valence-corrected chi connectivity index (χ4v) is 2.09. The minimum Gasteiger partial charge on any atom is -0.491 e. The lowest BCUT2D eigenvalue weighted by atomic mass is 10.2. The van der Waals surface area contributed by atoms with E-state index >= 15 is 0 Å². The third-order valence-electron chi connectivity index (χ3n) is 3.12. The van der Waals surface area contributed by atoms with Crippen molar-refractivity contribution in [3.63, 3.8) is 0 Å². The Balaban J connectivity index is 1.80. The summed E-state index contributed by atoms with van der Waals surface area (Å²) in [5.74, 6) is 1.30. The topological polar surface area (TPSA) is 72.5 Å². The van der Waals surface area contributed by atoms with Gasteiger partial charge in [0.05, 0.1) is 12.6 Å². The Morgan fingerprint density at radius 2 is 2.13 bits per heavy atom. The third kappa shape index (κ3) is 6.38. The van der Waals surface area contributed by atoms with E-state index in [-0.39, 0.29) is 6.10 Å². The van der Waals surface area contributed by atoms with Crippen LogP contribution < -0.4 is 15.8 Å². The molecule has 0 saturated carbocycles. The van der Waals surface area contributed by atoms with Crippen LogP contribution in [0, 0.1) is 0 Å². The maximum absolute atomic E-state index is 5.89. The number of nitrogens with one attached hydrogen (secondary N) is 1. The van der Waals surface area contributed by atoms with Crippen molar-refractivity contribution >= 4 is 5.96 Å². The summed E-state index contributed by atoms with van der Waals surface area (Å²) in [5.41, 5.74) is 7.99. The fraction of sp³-hybridized carbons (Fsp3) is 0.333. The van der Waals surface area contributed by atoms with Gasteiger partial charge < -0.3 is 15.8 Å². The minimum atomic E-state index is 0.159. The van der Waals surface area contributed by atoms with E-state index in [0.717, 1.165) is 23.4 Å². The van der Waals surface area contributed by atoms with Crippen molar-refractivity contribution in [3.8, 4) is 5.75 Å². The Kier molecular flexibility index (Phi) is 6.41. The van der Waals surface area contributed by atoms with Crippen LogP contribution in [0.1, 0.15) is 25.1 Å². The fourth-order valence-electron chi connectivity index (χ4n) is 2.09. The van der Waals surface area contributed by atoms with Gasteiger partial charge in [-0.2, -0.15) is 0 Å². The molecule has 0 amide bonds. The van der Waals surface area contributed by atoms with Gasteiger partial charge in [-0.15, -0.1) is 0 Å². The summed E-state index contributed by atoms with van der Waals surface area (Å²) in [7, 11) is 0. The number of hydrogen-bond donors (Lipinski definition) is 2. The van der Waals surface area contributed by atoms with Crippen molar-refractivity contribution in [2.45, 2.75) is 32.9 Å². The maximum Gasteiger partial charge on any atom is 0.188 e. The lowest BCUT2D eigenvalue weighted by Crippen LogP contribution is -2.33. The van der Waals surface area contributed by atoms with E-state index in [1.165, 1.54) is 0 Å². The van der Waals surface area contributed by atoms with Gasteiger partial charge in [0.15, 0.2) is 5.96 Å². The first-order chi connectivity index (χ1) is 11.1. The number of benzene rings is 1. The second-order valence-electron chi connectivity index (χ2n) is 5.51. The molecule has 0 aliphatic heterocycles. The summed E-state index contributed by atoms with van der Waals surface area (Å²) in [6, 6.07) is 13.8. The molecule has 23 heavy (non-hydrogen) atoms. The molecule has 3 N–H and O–H groups in total. The zero-order valence-electron chi connectivity index (χ0n) is 13.7. The quantitative estimate of drug-likeness (QED) is 0.608. The van der Waals surface area contributed by atoms with Gasteiger partial charge in [-0.25, -0.2) is 4.99 Å². The van der Waals surface area contributed by atoms with E-state index < -0.39 is 0 Å². The van der Waals surface area contributed by atoms with E-state index in [0.29, 0.717) is 19.0 Å². The van der Waals surface area contributed by atoms with Gasteiger partial charge in [0.1, 0.15) is 5.75 Å². The summed E-state index contributed by atoms with van der Waals surface area (Å²) in [6.45, 7) is 5.25. The summed E-state index contributed by atoms with van der Waals surface area (Å²) in [5, 5.41) is 3.10. The molecule has 0 fully saturated rings. The van der Waals surface area contributed by atoms with E-state index in [1.54, 1.807) is 6.20 Å². The van der Waals surface area contributed by atoms with Crippen LogP contribution in [0.15, 0.2) is 53.7 Å². The van der Waals surface area contributed by atoms with Crippen molar-refractivity contribution < 1.29 is 4.74 Å². The molecule has 0 radical (unpaired) electrons. The average Bonchev–Trinajstić information content (AvgIpc) is 2.54. The average molecular weight is 312 g/mol. The van der Waals surface area contributed by atoms with Crippen LogP contribution in [0.3, 0.4) is 0 Å². The number of nitrogens with zero attached hydrogens (tertiary/aromatic N) is 2. The Bertz CT molecular complexity index is 626. The first-order valence-corrected chi connectivity index (χ1v) is 7.83. The van der Waals surface area contributed by atoms with Crippen molar-refractivity contribution in [2.75, 3.05) is 6.54 Å². The molecular formula is C18H24N4O. The van der Waals surface area contributed by atoms with Gasteiger partial charge in [-0.1, -0.05) is 18.2 Å². The van der Waals surface area contributed by atoms with Crippen LogP contribution in [0.25, 0.3) is 0 Å². The first-order valence-electron chi connectivity index (χ1n) is 7.83. The van der Waals surface area contributed by atoms with Gasteiger partial charge in [-0.05, 0) is 43.7 Å². The van der Waals surface area contributed by atoms with E-state index in [9.17, 15) is 0 Å². The Hall–Kier alpha value is -2.56. The number of aromatic nitrogens is 1. The monoisotopic (exact) mass is 312 g/mol. The number of hydrogen-bond acceptors (Lipinski definition) is 3. The lowest BCUT2D eigenvalue weighted by molar-refractivity contribution is 0.242. The van der Waals surface area contributed by atoms with Gasteiger partial charge in [0.2, 0.25) is 0 Å². The molecule has 2 aromatic rings. The SMILES string of the molecule is CC(C)Oc1cccc(CN=C(N)NCCc2ccccn2)c1. The molecule has 122 valence electrons. The molecule has 0 aliphatic carbocycles. The lowest BCUT2D eigenvalue weighted by Gasteiger charge is -2.10. The number of aliphatic imine (C=N–C) groups is 1. The largest absolute Gasteiger partial charge is 0.491 e. The van der Waals surface area contributed by atoms with Crippen molar-refractivity contribution in [2.24, 2.45) is 10.7 Å². The van der Waals surface area contributed by atoms with Crippen LogP contribution in [0.2, 0.25) is 0 Å². The molecule has 1 aromatic heterocycles. The summed E-state index contributed by atoms with van der Waals surface area (Å²) < 4.78 is 5.67. The molecule has 0 saturated heterocycles. The van der Waals surface area contributed by atoms with Crippen LogP contribution in [0.5, 0.6) is 5.75 Å². The Labute approximate surface area is 137 Å². The number of pyridine rings is 1. The maximum atomic E-state index is 5.89. The molecule has 2 rings (SSSR count). The highest BCUT2D eigenvalue weighted by Crippen LogP contribution is 2.15. The molecule has 0 atom stereocenters. The Morgan fingerprint density at radius 3 is 2.87 bits per heavy atom. The Morgan fingerprint density at radius 1 is 1.26 bits per heavy atom. The predicted molar refractivity (Wildman–Crippen MR) is 93.5 cm³/mol. The highest BCUT2D eigenvalue weighted by molar-refractivity contribution is 5.77. The predicted octanol–water partition coefficient (Wildman–Crippen LogP) is 2.52. The molecule has 5 nitrogen and oxygen atoms in total.